The molecule has 0 saturated carbocycles. The average Bonchev–Trinajstić information content (AvgIpc) is 2.93. The molecule has 0 aliphatic carbocycles. The van der Waals surface area contributed by atoms with Crippen molar-refractivity contribution in [1.29, 1.82) is 0 Å². The summed E-state index contributed by atoms with van der Waals surface area (Å²) in [5, 5.41) is 3.18. The van der Waals surface area contributed by atoms with Crippen LogP contribution in [-0.4, -0.2) is 15.0 Å². The molecule has 2 rings (SSSR count). The van der Waals surface area contributed by atoms with E-state index in [0.29, 0.717) is 10.8 Å². The molecule has 2 aromatic rings. The van der Waals surface area contributed by atoms with Crippen LogP contribution in [0.15, 0.2) is 45.1 Å². The zero-order valence-corrected chi connectivity index (χ0v) is 14.8. The zero-order valence-electron chi connectivity index (χ0n) is 11.6. The maximum Gasteiger partial charge on any atom is 0.250 e. The Labute approximate surface area is 137 Å². The fourth-order valence-corrected chi connectivity index (χ4v) is 4.58. The Morgan fingerprint density at radius 1 is 1.19 bits per heavy atom. The second kappa shape index (κ2) is 7.51. The Kier molecular flexibility index (Phi) is 5.95. The highest BCUT2D eigenvalue weighted by Crippen LogP contribution is 2.21. The SMILES string of the molecule is CCNCc1ccc(S(=O)(=O)NCc2cccc(Br)c2)s1. The van der Waals surface area contributed by atoms with Crippen molar-refractivity contribution in [2.24, 2.45) is 0 Å². The Hall–Kier alpha value is -0.730. The number of benzene rings is 1. The minimum absolute atomic E-state index is 0.280. The predicted molar refractivity (Wildman–Crippen MR) is 89.9 cm³/mol. The fraction of sp³-hybridized carbons (Fsp3) is 0.286. The minimum atomic E-state index is -3.45. The highest BCUT2D eigenvalue weighted by atomic mass is 79.9. The summed E-state index contributed by atoms with van der Waals surface area (Å²) >= 11 is 4.67. The highest BCUT2D eigenvalue weighted by molar-refractivity contribution is 9.10. The van der Waals surface area contributed by atoms with Gasteiger partial charge in [-0.05, 0) is 36.4 Å². The maximum absolute atomic E-state index is 12.2. The van der Waals surface area contributed by atoms with Crippen LogP contribution < -0.4 is 10.0 Å². The third-order valence-electron chi connectivity index (χ3n) is 2.81. The molecular weight excluding hydrogens is 372 g/mol. The lowest BCUT2D eigenvalue weighted by Gasteiger charge is -2.05. The second-order valence-corrected chi connectivity index (χ2v) is 8.53. The summed E-state index contributed by atoms with van der Waals surface area (Å²) in [5.74, 6) is 0. The fourth-order valence-electron chi connectivity index (χ4n) is 1.74. The van der Waals surface area contributed by atoms with Crippen LogP contribution in [-0.2, 0) is 23.1 Å². The van der Waals surface area contributed by atoms with E-state index in [4.69, 9.17) is 0 Å². The van der Waals surface area contributed by atoms with Crippen LogP contribution in [0.4, 0.5) is 0 Å². The van der Waals surface area contributed by atoms with Gasteiger partial charge in [0.05, 0.1) is 0 Å². The van der Waals surface area contributed by atoms with Crippen molar-refractivity contribution in [3.63, 3.8) is 0 Å². The summed E-state index contributed by atoms with van der Waals surface area (Å²) in [6.45, 7) is 3.86. The second-order valence-electron chi connectivity index (χ2n) is 4.46. The van der Waals surface area contributed by atoms with Gasteiger partial charge in [-0.2, -0.15) is 0 Å². The van der Waals surface area contributed by atoms with Crippen molar-refractivity contribution in [2.45, 2.75) is 24.2 Å². The number of nitrogens with one attached hydrogen (secondary N) is 2. The zero-order chi connectivity index (χ0) is 15.3. The Morgan fingerprint density at radius 3 is 2.71 bits per heavy atom. The molecule has 1 heterocycles. The van der Waals surface area contributed by atoms with Gasteiger partial charge < -0.3 is 5.32 Å². The van der Waals surface area contributed by atoms with Crippen LogP contribution >= 0.6 is 27.3 Å². The van der Waals surface area contributed by atoms with E-state index < -0.39 is 10.0 Å². The van der Waals surface area contributed by atoms with E-state index in [1.54, 1.807) is 6.07 Å². The molecule has 0 saturated heterocycles. The van der Waals surface area contributed by atoms with Gasteiger partial charge in [0.2, 0.25) is 10.0 Å². The Bertz CT molecular complexity index is 699. The summed E-state index contributed by atoms with van der Waals surface area (Å²) in [7, 11) is -3.45. The van der Waals surface area contributed by atoms with Gasteiger partial charge in [-0.1, -0.05) is 35.0 Å². The van der Waals surface area contributed by atoms with Gasteiger partial charge >= 0.3 is 0 Å². The van der Waals surface area contributed by atoms with Gasteiger partial charge in [-0.15, -0.1) is 11.3 Å². The summed E-state index contributed by atoms with van der Waals surface area (Å²) < 4.78 is 28.4. The third kappa shape index (κ3) is 4.89. The van der Waals surface area contributed by atoms with Gasteiger partial charge in [0, 0.05) is 22.4 Å². The molecule has 0 aliphatic rings. The normalized spacial score (nSPS) is 11.7. The van der Waals surface area contributed by atoms with Crippen molar-refractivity contribution in [1.82, 2.24) is 10.0 Å². The molecule has 0 radical (unpaired) electrons. The van der Waals surface area contributed by atoms with Gasteiger partial charge in [0.15, 0.2) is 0 Å². The van der Waals surface area contributed by atoms with Gasteiger partial charge in [-0.3, -0.25) is 0 Å². The van der Waals surface area contributed by atoms with Crippen LogP contribution in [0.2, 0.25) is 0 Å². The van der Waals surface area contributed by atoms with E-state index in [2.05, 4.69) is 26.0 Å². The Balaban J connectivity index is 2.02. The lowest BCUT2D eigenvalue weighted by molar-refractivity contribution is 0.583. The van der Waals surface area contributed by atoms with Crippen LogP contribution in [0, 0.1) is 0 Å². The van der Waals surface area contributed by atoms with Gasteiger partial charge in [0.1, 0.15) is 4.21 Å². The molecule has 0 bridgehead atoms. The van der Waals surface area contributed by atoms with E-state index in [9.17, 15) is 8.42 Å². The predicted octanol–water partition coefficient (Wildman–Crippen LogP) is 3.10. The summed E-state index contributed by atoms with van der Waals surface area (Å²) in [4.78, 5) is 1.01. The van der Waals surface area contributed by atoms with Crippen molar-refractivity contribution >= 4 is 37.3 Å². The number of hydrogen-bond donors (Lipinski definition) is 2. The molecule has 21 heavy (non-hydrogen) atoms. The molecule has 114 valence electrons. The molecule has 0 aliphatic heterocycles. The van der Waals surface area contributed by atoms with Crippen LogP contribution in [0.3, 0.4) is 0 Å². The van der Waals surface area contributed by atoms with Crippen molar-refractivity contribution in [2.75, 3.05) is 6.54 Å². The lowest BCUT2D eigenvalue weighted by atomic mass is 10.2. The average molecular weight is 389 g/mol. The first-order valence-electron chi connectivity index (χ1n) is 6.55. The largest absolute Gasteiger partial charge is 0.312 e. The number of sulfonamides is 1. The number of halogens is 1. The monoisotopic (exact) mass is 388 g/mol. The van der Waals surface area contributed by atoms with E-state index in [0.717, 1.165) is 21.5 Å². The van der Waals surface area contributed by atoms with Gasteiger partial charge in [-0.25, -0.2) is 13.1 Å². The summed E-state index contributed by atoms with van der Waals surface area (Å²) in [6.07, 6.45) is 0. The molecule has 1 aromatic heterocycles. The van der Waals surface area contributed by atoms with Gasteiger partial charge in [0.25, 0.3) is 0 Å². The first-order valence-corrected chi connectivity index (χ1v) is 9.64. The molecule has 0 unspecified atom stereocenters. The summed E-state index contributed by atoms with van der Waals surface area (Å²) in [6, 6.07) is 11.1. The van der Waals surface area contributed by atoms with Crippen molar-refractivity contribution in [3.8, 4) is 0 Å². The molecule has 4 nitrogen and oxygen atoms in total. The maximum atomic E-state index is 12.2. The third-order valence-corrected chi connectivity index (χ3v) is 6.28. The van der Waals surface area contributed by atoms with E-state index in [1.807, 2.05) is 37.3 Å². The molecule has 0 fully saturated rings. The van der Waals surface area contributed by atoms with E-state index in [-0.39, 0.29) is 6.54 Å². The topological polar surface area (TPSA) is 58.2 Å². The minimum Gasteiger partial charge on any atom is -0.312 e. The number of hydrogen-bond acceptors (Lipinski definition) is 4. The van der Waals surface area contributed by atoms with Crippen LogP contribution in [0.25, 0.3) is 0 Å². The standard InChI is InChI=1S/C14H17BrN2O2S2/c1-2-16-10-13-6-7-14(20-13)21(18,19)17-9-11-4-3-5-12(15)8-11/h3-8,16-17H,2,9-10H2,1H3. The number of rotatable bonds is 7. The molecule has 2 N–H and O–H groups in total. The van der Waals surface area contributed by atoms with E-state index in [1.165, 1.54) is 11.3 Å². The van der Waals surface area contributed by atoms with Crippen LogP contribution in [0.1, 0.15) is 17.4 Å². The molecule has 7 heteroatoms. The summed E-state index contributed by atoms with van der Waals surface area (Å²) in [5.41, 5.74) is 0.914. The first kappa shape index (κ1) is 16.6. The van der Waals surface area contributed by atoms with Crippen LogP contribution in [0.5, 0.6) is 0 Å². The lowest BCUT2D eigenvalue weighted by Crippen LogP contribution is -2.22. The highest BCUT2D eigenvalue weighted by Gasteiger charge is 2.16. The molecule has 0 amide bonds. The quantitative estimate of drug-likeness (QED) is 0.765. The molecule has 1 aromatic carbocycles. The van der Waals surface area contributed by atoms with E-state index >= 15 is 0 Å². The number of thiophene rings is 1. The molecule has 0 spiro atoms. The van der Waals surface area contributed by atoms with Crippen molar-refractivity contribution < 1.29 is 8.42 Å². The molecular formula is C14H17BrN2O2S2. The Morgan fingerprint density at radius 2 is 2.00 bits per heavy atom. The smallest absolute Gasteiger partial charge is 0.250 e. The molecule has 0 atom stereocenters. The first-order chi connectivity index (χ1) is 10.0. The van der Waals surface area contributed by atoms with Crippen molar-refractivity contribution in [3.05, 3.63) is 51.3 Å².